The number of ketones is 1. The van der Waals surface area contributed by atoms with E-state index in [0.29, 0.717) is 64.2 Å². The number of para-hydroxylation sites is 2. The van der Waals surface area contributed by atoms with Gasteiger partial charge in [-0.3, -0.25) is 86.3 Å². The Morgan fingerprint density at radius 1 is 0.554 bits per heavy atom. The maximum Gasteiger partial charge on any atom is 0.322 e. The van der Waals surface area contributed by atoms with Crippen LogP contribution in [-0.4, -0.2) is 316 Å². The number of nitrogens with two attached hydrogens (primary N) is 2. The van der Waals surface area contributed by atoms with Gasteiger partial charge in [-0.2, -0.15) is 0 Å². The summed E-state index contributed by atoms with van der Waals surface area (Å²) in [5, 5.41) is 77.1. The van der Waals surface area contributed by atoms with E-state index in [2.05, 4.69) is 57.8 Å². The number of H-pyrrole nitrogens is 2. The molecule has 0 aliphatic carbocycles. The van der Waals surface area contributed by atoms with Crippen LogP contribution in [0.5, 0.6) is 5.75 Å². The molecule has 42 heteroatoms. The number of carboxylic acid groups (broad SMARTS) is 1. The number of carbonyl (C=O) groups excluding carboxylic acids is 17. The minimum Gasteiger partial charge on any atom is -0.508 e. The predicted octanol–water partition coefficient (Wildman–Crippen LogP) is -2.21. The van der Waals surface area contributed by atoms with Crippen LogP contribution in [0.15, 0.2) is 85.2 Å². The number of nitrogens with one attached hydrogen (secondary N) is 11. The number of amides is 16. The molecular weight excluding hydrogens is 1710 g/mol. The largest absolute Gasteiger partial charge is 0.508 e. The van der Waals surface area contributed by atoms with Crippen molar-refractivity contribution in [2.24, 2.45) is 23.3 Å². The fraction of sp³-hybridized carbons (Fsp3) is 0.545. The number of likely N-dealkylation sites (N-methyl/N-ethyl adjacent to an activating group) is 3. The van der Waals surface area contributed by atoms with E-state index in [1.165, 1.54) is 52.3 Å². The highest BCUT2D eigenvalue weighted by Gasteiger charge is 2.47. The van der Waals surface area contributed by atoms with Gasteiger partial charge in [0.05, 0.1) is 37.5 Å². The van der Waals surface area contributed by atoms with Crippen LogP contribution in [0.3, 0.4) is 0 Å². The Hall–Kier alpha value is -12.6. The number of primary amides is 2. The number of aliphatic carboxylic acids is 1. The summed E-state index contributed by atoms with van der Waals surface area (Å²) >= 11 is 0.748. The number of phenolic OH excluding ortho intramolecular Hbond substituents is 1. The average molecular weight is 1830 g/mol. The van der Waals surface area contributed by atoms with Crippen molar-refractivity contribution in [3.63, 3.8) is 0 Å². The van der Waals surface area contributed by atoms with E-state index in [1.54, 1.807) is 74.8 Å². The van der Waals surface area contributed by atoms with E-state index in [9.17, 15) is 78.3 Å². The molecule has 3 aromatic carbocycles. The Morgan fingerprint density at radius 2 is 1.08 bits per heavy atom. The Balaban J connectivity index is 1.18. The highest BCUT2D eigenvalue weighted by molar-refractivity contribution is 8.00. The second-order valence-electron chi connectivity index (χ2n) is 33.6. The number of hydrogen-bond acceptors (Lipinski definition) is 23. The van der Waals surface area contributed by atoms with Crippen LogP contribution < -0.4 is 59.3 Å². The smallest absolute Gasteiger partial charge is 0.322 e. The van der Waals surface area contributed by atoms with Gasteiger partial charge >= 0.3 is 5.97 Å². The van der Waals surface area contributed by atoms with Crippen molar-refractivity contribution in [1.29, 1.82) is 0 Å². The molecule has 0 bridgehead atoms. The van der Waals surface area contributed by atoms with Gasteiger partial charge in [0.15, 0.2) is 5.78 Å². The Kier molecular flexibility index (Phi) is 38.5. The molecule has 3 aliphatic heterocycles. The maximum atomic E-state index is 15.7. The Labute approximate surface area is 755 Å². The van der Waals surface area contributed by atoms with Crippen molar-refractivity contribution in [1.82, 2.24) is 82.3 Å². The average Bonchev–Trinajstić information content (AvgIpc) is 1.56. The van der Waals surface area contributed by atoms with Gasteiger partial charge in [0.1, 0.15) is 84.8 Å². The monoisotopic (exact) mass is 1830 g/mol. The summed E-state index contributed by atoms with van der Waals surface area (Å²) in [6.45, 7) is 4.46. The number of carboxylic acids is 1. The van der Waals surface area contributed by atoms with Crippen molar-refractivity contribution >= 4 is 140 Å². The van der Waals surface area contributed by atoms with E-state index >= 15 is 33.6 Å². The second-order valence-corrected chi connectivity index (χ2v) is 34.7. The Morgan fingerprint density at radius 3 is 1.67 bits per heavy atom. The molecular formula is C88H122N18O23S. The molecule has 0 spiro atoms. The third kappa shape index (κ3) is 28.2. The van der Waals surface area contributed by atoms with Crippen molar-refractivity contribution in [2.45, 2.75) is 228 Å². The number of phenols is 1. The van der Waals surface area contributed by atoms with Gasteiger partial charge < -0.3 is 119 Å². The lowest BCUT2D eigenvalue weighted by atomic mass is 9.90. The van der Waals surface area contributed by atoms with Gasteiger partial charge in [-0.1, -0.05) is 102 Å². The maximum absolute atomic E-state index is 15.7. The summed E-state index contributed by atoms with van der Waals surface area (Å²) in [4.78, 5) is 271. The third-order valence-corrected chi connectivity index (χ3v) is 24.5. The van der Waals surface area contributed by atoms with Gasteiger partial charge in [-0.25, -0.2) is 0 Å². The lowest BCUT2D eigenvalue weighted by Crippen LogP contribution is -2.61. The number of thioether (sulfide) groups is 1. The van der Waals surface area contributed by atoms with Gasteiger partial charge in [0.25, 0.3) is 0 Å². The molecule has 0 saturated carbocycles. The first-order valence-electron chi connectivity index (χ1n) is 43.6. The highest BCUT2D eigenvalue weighted by atomic mass is 32.2. The number of aromatic amines is 2. The van der Waals surface area contributed by atoms with Gasteiger partial charge in [-0.15, -0.1) is 11.8 Å². The number of hydrogen-bond donors (Lipinski definition) is 18. The van der Waals surface area contributed by atoms with Gasteiger partial charge in [0.2, 0.25) is 94.5 Å². The molecule has 0 radical (unpaired) electrons. The molecule has 8 rings (SSSR count). The number of nitrogens with zero attached hydrogens (tertiary/aromatic N) is 5. The molecule has 5 heterocycles. The van der Waals surface area contributed by atoms with Crippen molar-refractivity contribution in [2.75, 3.05) is 65.5 Å². The zero-order chi connectivity index (χ0) is 95.5. The highest BCUT2D eigenvalue weighted by Crippen LogP contribution is 2.30. The van der Waals surface area contributed by atoms with Gasteiger partial charge in [0, 0.05) is 112 Å². The molecule has 20 N–H and O–H groups in total. The number of aromatic nitrogens is 2. The number of aromatic hydroxyl groups is 1. The van der Waals surface area contributed by atoms with Crippen LogP contribution in [-0.2, 0) is 106 Å². The number of aliphatic hydroxyl groups is 3. The molecule has 3 aliphatic rings. The van der Waals surface area contributed by atoms with Crippen LogP contribution in [0.1, 0.15) is 141 Å². The molecule has 15 atom stereocenters. The minimum atomic E-state index is -1.93. The predicted molar refractivity (Wildman–Crippen MR) is 473 cm³/mol. The van der Waals surface area contributed by atoms with Crippen molar-refractivity contribution < 1.29 is 112 Å². The van der Waals surface area contributed by atoms with E-state index in [1.807, 2.05) is 13.8 Å². The summed E-state index contributed by atoms with van der Waals surface area (Å²) < 4.78 is 0. The normalized spacial score (nSPS) is 25.4. The van der Waals surface area contributed by atoms with Crippen LogP contribution in [0.4, 0.5) is 0 Å². The van der Waals surface area contributed by atoms with Crippen LogP contribution in [0.25, 0.3) is 21.8 Å². The van der Waals surface area contributed by atoms with E-state index < -0.39 is 267 Å². The number of Topliss-reactive ketones (excluding diaryl/α,β-unsaturated/α-hetero) is 1. The standard InChI is InChI=1S/C88H122N18O23S/c1-9-11-22-67-82(123)96-60(32-47(3)4)79(120)101-66(78(119)93-41-75(115)116)45-130-46-74(114)94-61(33-49-25-27-53(109)28-26-49)84(125)102(6)48(5)76(117)97-63(38-73(90)113)87(128)105-31-17-24-68(105)83(124)100-65(44-108)80(121)95-59(29-30-72(89)112)86(127)106-42-54(110)37-70(106)71(111)36-50(34-51-39-91-57-20-15-13-18-55(51)57)77(118)99-64(43-107)81(122)98-62(35-52-40-92-58-21-16-14-19-56(52)58)85(126)104(8)69(23-12-10-2)88(129)103(67)7/h13-16,18-21,25-28,39-40,47-48,50,54,59-70,91-92,107-110H,9-12,17,22-24,29-38,41-46H2,1-8H3,(H2,89,112)(H2,90,113)(H,93,119)(H,94,114)(H,95,121)(H,96,123)(H,97,117)(H,98,122)(H,99,118)(H,100,124)(H,101,120)(H,115,116)/t48-,50+,54+,59-,60-,61-,62-,63-,64-,65-,66-,67-,68-,69-,70-/m0/s1. The lowest BCUT2D eigenvalue weighted by molar-refractivity contribution is -0.149. The molecule has 130 heavy (non-hydrogen) atoms. The summed E-state index contributed by atoms with van der Waals surface area (Å²) in [5.41, 5.74) is 13.9. The number of aliphatic hydroxyl groups excluding tert-OH is 3. The molecule has 5 aromatic rings. The lowest BCUT2D eigenvalue weighted by Gasteiger charge is -2.36. The van der Waals surface area contributed by atoms with E-state index in [-0.39, 0.29) is 69.6 Å². The zero-order valence-corrected chi connectivity index (χ0v) is 75.0. The first-order valence-corrected chi connectivity index (χ1v) is 44.7. The molecule has 16 amide bonds. The number of fused-ring (bicyclic) bond motifs is 4. The van der Waals surface area contributed by atoms with Gasteiger partial charge in [-0.05, 0) is 98.7 Å². The fourth-order valence-corrected chi connectivity index (χ4v) is 17.0. The summed E-state index contributed by atoms with van der Waals surface area (Å²) in [7, 11) is 3.88. The van der Waals surface area contributed by atoms with E-state index in [4.69, 9.17) is 11.5 Å². The minimum absolute atomic E-state index is 0.00124. The molecule has 708 valence electrons. The van der Waals surface area contributed by atoms with Crippen LogP contribution >= 0.6 is 11.8 Å². The Bertz CT molecular complexity index is 4910. The van der Waals surface area contributed by atoms with Crippen molar-refractivity contribution in [3.05, 3.63) is 102 Å². The summed E-state index contributed by atoms with van der Waals surface area (Å²) in [6, 6.07) is -1.44. The van der Waals surface area contributed by atoms with Crippen LogP contribution in [0, 0.1) is 11.8 Å². The number of rotatable bonds is 24. The van der Waals surface area contributed by atoms with Crippen molar-refractivity contribution in [3.8, 4) is 5.75 Å². The third-order valence-electron chi connectivity index (χ3n) is 23.5. The van der Waals surface area contributed by atoms with Crippen LogP contribution in [0.2, 0.25) is 0 Å². The molecule has 0 unspecified atom stereocenters. The quantitative estimate of drug-likeness (QED) is 0.0311. The topological polar surface area (TPSA) is 616 Å². The number of carbonyl (C=O) groups is 18. The second kappa shape index (κ2) is 48.7. The summed E-state index contributed by atoms with van der Waals surface area (Å²) in [5.74, 6) is -21.1. The first kappa shape index (κ1) is 103. The number of benzene rings is 3. The van der Waals surface area contributed by atoms with E-state index in [0.717, 1.165) is 36.3 Å². The molecule has 41 nitrogen and oxygen atoms in total. The molecule has 2 aromatic heterocycles. The number of unbranched alkanes of at least 4 members (excludes halogenated alkanes) is 2. The first-order chi connectivity index (χ1) is 61.8. The molecule has 3 saturated heterocycles. The summed E-state index contributed by atoms with van der Waals surface area (Å²) in [6.07, 6.45) is -0.561. The molecule has 3 fully saturated rings. The zero-order valence-electron chi connectivity index (χ0n) is 74.2. The fourth-order valence-electron chi connectivity index (χ4n) is 16.2. The SMILES string of the molecule is CCCC[C@H]1C(=O)N(C)[C@@H](CCCC)C(=O)N[C@@H](CC(C)C)C(=O)N[C@H](C(=O)NCC(=O)O)CSCC(=O)N[C@@H](Cc2ccc(O)cc2)C(=O)N(C)[C@@H](C)C(=O)N[C@@H](CC(N)=O)C(=O)N2CCC[C@H]2C(=O)N[C@@H](CO)C(=O)N[C@@H](CCC(N)=O)C(=O)N2C[C@H](O)C[C@H]2C(=O)C[C@@H](Cc2c[nH]c3ccccc23)C(=O)N[C@@H](CO)C(=O)N[C@@H](Cc2c[nH]c3ccccc23)C(=O)N1C.